The molecule has 1 aliphatic rings. The molecule has 7 nitrogen and oxygen atoms in total. The molecular weight excluding hydrogens is 459 g/mol. The number of carbonyl (C=O) groups excluding carboxylic acids is 1. The number of hydrogen-bond donors (Lipinski definition) is 0. The molecule has 2 heterocycles. The third-order valence-electron chi connectivity index (χ3n) is 5.12. The molecule has 0 aliphatic carbocycles. The van der Waals surface area contributed by atoms with Crippen molar-refractivity contribution >= 4 is 32.6 Å². The van der Waals surface area contributed by atoms with Crippen LogP contribution in [0.25, 0.3) is 10.2 Å². The zero-order valence-corrected chi connectivity index (χ0v) is 18.6. The van der Waals surface area contributed by atoms with Crippen molar-refractivity contribution in [2.45, 2.75) is 6.36 Å². The van der Waals surface area contributed by atoms with E-state index >= 15 is 0 Å². The summed E-state index contributed by atoms with van der Waals surface area (Å²) >= 11 is 1.14. The van der Waals surface area contributed by atoms with Gasteiger partial charge in [0.2, 0.25) is 0 Å². The van der Waals surface area contributed by atoms with Crippen molar-refractivity contribution in [3.63, 3.8) is 0 Å². The van der Waals surface area contributed by atoms with Gasteiger partial charge in [0.1, 0.15) is 11.5 Å². The number of rotatable bonds is 7. The molecule has 1 amide bonds. The summed E-state index contributed by atoms with van der Waals surface area (Å²) in [6.07, 6.45) is -4.78. The molecule has 1 saturated heterocycles. The number of carbonyl (C=O) groups is 1. The molecule has 1 fully saturated rings. The predicted molar refractivity (Wildman–Crippen MR) is 118 cm³/mol. The van der Waals surface area contributed by atoms with Gasteiger partial charge in [0.05, 0.1) is 30.5 Å². The van der Waals surface area contributed by atoms with E-state index in [-0.39, 0.29) is 11.7 Å². The molecule has 0 N–H and O–H groups in total. The zero-order chi connectivity index (χ0) is 23.4. The second-order valence-electron chi connectivity index (χ2n) is 7.32. The maximum Gasteiger partial charge on any atom is 0.573 e. The fourth-order valence-corrected chi connectivity index (χ4v) is 4.49. The largest absolute Gasteiger partial charge is 0.573 e. The number of thiazole rings is 1. The maximum absolute atomic E-state index is 13.4. The molecule has 11 heteroatoms. The number of fused-ring (bicyclic) bond motifs is 1. The van der Waals surface area contributed by atoms with Crippen molar-refractivity contribution in [2.24, 2.45) is 0 Å². The van der Waals surface area contributed by atoms with Crippen LogP contribution in [0.3, 0.4) is 0 Å². The Morgan fingerprint density at radius 3 is 2.70 bits per heavy atom. The second kappa shape index (κ2) is 9.94. The van der Waals surface area contributed by atoms with E-state index in [2.05, 4.69) is 14.6 Å². The van der Waals surface area contributed by atoms with Crippen molar-refractivity contribution < 1.29 is 32.2 Å². The summed E-state index contributed by atoms with van der Waals surface area (Å²) in [7, 11) is 1.52. The highest BCUT2D eigenvalue weighted by Crippen LogP contribution is 2.34. The molecule has 1 aromatic heterocycles. The Labute approximate surface area is 192 Å². The fraction of sp³-hybridized carbons (Fsp3) is 0.364. The van der Waals surface area contributed by atoms with E-state index < -0.39 is 6.36 Å². The lowest BCUT2D eigenvalue weighted by Gasteiger charge is -2.29. The molecule has 0 atom stereocenters. The number of ether oxygens (including phenoxy) is 3. The van der Waals surface area contributed by atoms with E-state index in [1.165, 1.54) is 25.3 Å². The highest BCUT2D eigenvalue weighted by molar-refractivity contribution is 7.22. The van der Waals surface area contributed by atoms with Gasteiger partial charge in [-0.15, -0.1) is 13.2 Å². The van der Waals surface area contributed by atoms with E-state index in [0.717, 1.165) is 24.4 Å². The van der Waals surface area contributed by atoms with Crippen molar-refractivity contribution in [3.05, 3.63) is 48.0 Å². The fourth-order valence-electron chi connectivity index (χ4n) is 3.47. The molecule has 3 aromatic rings. The van der Waals surface area contributed by atoms with Crippen LogP contribution in [0.2, 0.25) is 0 Å². The van der Waals surface area contributed by atoms with Gasteiger partial charge in [0, 0.05) is 37.8 Å². The number of hydrogen-bond acceptors (Lipinski definition) is 7. The summed E-state index contributed by atoms with van der Waals surface area (Å²) in [5.41, 5.74) is 0.913. The predicted octanol–water partition coefficient (Wildman–Crippen LogP) is 4.18. The first-order valence-electron chi connectivity index (χ1n) is 10.2. The normalized spacial score (nSPS) is 14.9. The lowest BCUT2D eigenvalue weighted by Crippen LogP contribution is -2.43. The molecule has 0 bridgehead atoms. The molecule has 2 aromatic carbocycles. The third-order valence-corrected chi connectivity index (χ3v) is 6.16. The summed E-state index contributed by atoms with van der Waals surface area (Å²) < 4.78 is 52.9. The summed E-state index contributed by atoms with van der Waals surface area (Å²) in [4.78, 5) is 21.7. The van der Waals surface area contributed by atoms with E-state index in [0.29, 0.717) is 53.0 Å². The number of anilines is 1. The Balaban J connectivity index is 1.63. The van der Waals surface area contributed by atoms with E-state index in [9.17, 15) is 18.0 Å². The lowest BCUT2D eigenvalue weighted by atomic mass is 10.2. The Morgan fingerprint density at radius 2 is 1.97 bits per heavy atom. The summed E-state index contributed by atoms with van der Waals surface area (Å²) in [6.45, 7) is 3.76. The lowest BCUT2D eigenvalue weighted by molar-refractivity contribution is -0.274. The van der Waals surface area contributed by atoms with Gasteiger partial charge >= 0.3 is 6.36 Å². The number of methoxy groups -OCH3 is 1. The zero-order valence-electron chi connectivity index (χ0n) is 17.8. The summed E-state index contributed by atoms with van der Waals surface area (Å²) in [5, 5.41) is 0.398. The Morgan fingerprint density at radius 1 is 1.18 bits per heavy atom. The summed E-state index contributed by atoms with van der Waals surface area (Å²) in [5.74, 6) is -0.0515. The minimum atomic E-state index is -4.78. The van der Waals surface area contributed by atoms with Crippen LogP contribution in [0.5, 0.6) is 11.5 Å². The smallest absolute Gasteiger partial charge is 0.497 e. The van der Waals surface area contributed by atoms with E-state index in [4.69, 9.17) is 9.47 Å². The maximum atomic E-state index is 13.4. The molecule has 4 rings (SSSR count). The van der Waals surface area contributed by atoms with Gasteiger partial charge in [0.15, 0.2) is 5.13 Å². The van der Waals surface area contributed by atoms with Crippen LogP contribution in [0, 0.1) is 0 Å². The van der Waals surface area contributed by atoms with Crippen LogP contribution in [0.15, 0.2) is 42.5 Å². The molecule has 1 aliphatic heterocycles. The Bertz CT molecular complexity index is 1120. The van der Waals surface area contributed by atoms with Crippen LogP contribution in [0.1, 0.15) is 10.4 Å². The van der Waals surface area contributed by atoms with Crippen LogP contribution in [-0.4, -0.2) is 68.7 Å². The van der Waals surface area contributed by atoms with Crippen LogP contribution < -0.4 is 14.4 Å². The third kappa shape index (κ3) is 5.92. The number of amides is 1. The second-order valence-corrected chi connectivity index (χ2v) is 8.33. The molecule has 176 valence electrons. The summed E-state index contributed by atoms with van der Waals surface area (Å²) in [6, 6.07) is 10.7. The van der Waals surface area contributed by atoms with Gasteiger partial charge in [-0.25, -0.2) is 4.98 Å². The van der Waals surface area contributed by atoms with Crippen LogP contribution >= 0.6 is 11.3 Å². The van der Waals surface area contributed by atoms with Crippen molar-refractivity contribution in [1.82, 2.24) is 9.88 Å². The van der Waals surface area contributed by atoms with Gasteiger partial charge in [-0.05, 0) is 30.3 Å². The first-order chi connectivity index (χ1) is 15.8. The highest BCUT2D eigenvalue weighted by atomic mass is 32.1. The van der Waals surface area contributed by atoms with E-state index in [1.54, 1.807) is 29.2 Å². The molecule has 0 saturated carbocycles. The number of alkyl halides is 3. The van der Waals surface area contributed by atoms with Crippen molar-refractivity contribution in [3.8, 4) is 11.5 Å². The average Bonchev–Trinajstić information content (AvgIpc) is 3.21. The number of halogens is 3. The average molecular weight is 481 g/mol. The number of morpholine rings is 1. The number of aromatic nitrogens is 1. The number of benzene rings is 2. The molecule has 33 heavy (non-hydrogen) atoms. The van der Waals surface area contributed by atoms with Crippen molar-refractivity contribution in [1.29, 1.82) is 0 Å². The van der Waals surface area contributed by atoms with Gasteiger partial charge in [0.25, 0.3) is 5.91 Å². The molecule has 0 unspecified atom stereocenters. The van der Waals surface area contributed by atoms with Gasteiger partial charge in [-0.1, -0.05) is 17.4 Å². The molecule has 0 radical (unpaired) electrons. The van der Waals surface area contributed by atoms with Gasteiger partial charge in [-0.3, -0.25) is 14.6 Å². The Kier molecular flexibility index (Phi) is 7.01. The number of nitrogens with zero attached hydrogens (tertiary/aromatic N) is 3. The first kappa shape index (κ1) is 23.3. The molecule has 0 spiro atoms. The molecular formula is C22H22F3N3O4S. The Hall–Kier alpha value is -2.89. The first-order valence-corrected chi connectivity index (χ1v) is 11.1. The van der Waals surface area contributed by atoms with Crippen LogP contribution in [0.4, 0.5) is 18.3 Å². The standard InChI is InChI=1S/C22H22F3N3O4S/c1-30-16-4-2-3-15(13-16)20(29)28(8-7-27-9-11-31-12-10-27)21-26-18-6-5-17(14-19(18)33-21)32-22(23,24)25/h2-6,13-14H,7-12H2,1H3. The quantitative estimate of drug-likeness (QED) is 0.505. The minimum absolute atomic E-state index is 0.270. The van der Waals surface area contributed by atoms with Crippen LogP contribution in [-0.2, 0) is 4.74 Å². The topological polar surface area (TPSA) is 64.1 Å². The highest BCUT2D eigenvalue weighted by Gasteiger charge is 2.31. The van der Waals surface area contributed by atoms with Gasteiger partial charge in [-0.2, -0.15) is 0 Å². The minimum Gasteiger partial charge on any atom is -0.497 e. The SMILES string of the molecule is COc1cccc(C(=O)N(CCN2CCOCC2)c2nc3ccc(OC(F)(F)F)cc3s2)c1. The van der Waals surface area contributed by atoms with E-state index in [1.807, 2.05) is 0 Å². The van der Waals surface area contributed by atoms with Crippen molar-refractivity contribution in [2.75, 3.05) is 51.4 Å². The monoisotopic (exact) mass is 481 g/mol. The van der Waals surface area contributed by atoms with Gasteiger partial charge < -0.3 is 14.2 Å².